The minimum atomic E-state index is -0.885. The fourth-order valence-electron chi connectivity index (χ4n) is 1.76. The maximum atomic E-state index is 11.0. The Morgan fingerprint density at radius 2 is 2.07 bits per heavy atom. The Bertz CT molecular complexity index is 367. The lowest BCUT2D eigenvalue weighted by Gasteiger charge is -2.15. The standard InChI is InChI=1S/C11H12O3/c1-14-11(6-7-11)9-5-3-2-4-8(9)10(12)13/h2-5H,6-7H2,1H3,(H,12,13). The number of benzene rings is 1. The average Bonchev–Trinajstić information content (AvgIpc) is 2.98. The van der Waals surface area contributed by atoms with E-state index in [2.05, 4.69) is 0 Å². The van der Waals surface area contributed by atoms with Crippen LogP contribution in [-0.4, -0.2) is 18.2 Å². The minimum Gasteiger partial charge on any atom is -0.478 e. The third kappa shape index (κ3) is 1.30. The van der Waals surface area contributed by atoms with E-state index < -0.39 is 5.97 Å². The van der Waals surface area contributed by atoms with Crippen molar-refractivity contribution >= 4 is 5.97 Å². The Labute approximate surface area is 82.3 Å². The van der Waals surface area contributed by atoms with Crippen molar-refractivity contribution in [3.63, 3.8) is 0 Å². The molecule has 1 N–H and O–H groups in total. The van der Waals surface area contributed by atoms with Gasteiger partial charge in [-0.1, -0.05) is 18.2 Å². The molecule has 0 aromatic heterocycles. The Hall–Kier alpha value is -1.35. The van der Waals surface area contributed by atoms with E-state index in [0.29, 0.717) is 5.56 Å². The van der Waals surface area contributed by atoms with Gasteiger partial charge in [-0.3, -0.25) is 0 Å². The first kappa shape index (κ1) is 9.21. The largest absolute Gasteiger partial charge is 0.478 e. The van der Waals surface area contributed by atoms with Crippen molar-refractivity contribution in [2.45, 2.75) is 18.4 Å². The van der Waals surface area contributed by atoms with Crippen molar-refractivity contribution in [2.75, 3.05) is 7.11 Å². The molecule has 0 spiro atoms. The first-order valence-corrected chi connectivity index (χ1v) is 4.57. The molecule has 1 aliphatic carbocycles. The summed E-state index contributed by atoms with van der Waals surface area (Å²) in [5.74, 6) is -0.885. The van der Waals surface area contributed by atoms with Gasteiger partial charge >= 0.3 is 5.97 Å². The average molecular weight is 192 g/mol. The molecule has 0 radical (unpaired) electrons. The van der Waals surface area contributed by atoms with Gasteiger partial charge in [0.15, 0.2) is 0 Å². The predicted molar refractivity (Wildman–Crippen MR) is 51.3 cm³/mol. The molecule has 0 bridgehead atoms. The molecule has 0 aliphatic heterocycles. The van der Waals surface area contributed by atoms with Crippen LogP contribution in [0.15, 0.2) is 24.3 Å². The number of carboxylic acids is 1. The number of ether oxygens (including phenoxy) is 1. The fraction of sp³-hybridized carbons (Fsp3) is 0.364. The molecule has 0 unspecified atom stereocenters. The summed E-state index contributed by atoms with van der Waals surface area (Å²) in [4.78, 5) is 11.0. The lowest BCUT2D eigenvalue weighted by atomic mass is 10.0. The molecule has 1 saturated carbocycles. The van der Waals surface area contributed by atoms with Crippen molar-refractivity contribution < 1.29 is 14.6 Å². The molecular formula is C11H12O3. The molecule has 1 aromatic carbocycles. The Balaban J connectivity index is 2.47. The van der Waals surface area contributed by atoms with Crippen LogP contribution in [0.4, 0.5) is 0 Å². The summed E-state index contributed by atoms with van der Waals surface area (Å²) in [7, 11) is 1.63. The molecule has 1 fully saturated rings. The highest BCUT2D eigenvalue weighted by Gasteiger charge is 2.46. The highest BCUT2D eigenvalue weighted by Crippen LogP contribution is 2.49. The van der Waals surface area contributed by atoms with Crippen molar-refractivity contribution in [2.24, 2.45) is 0 Å². The summed E-state index contributed by atoms with van der Waals surface area (Å²) in [5.41, 5.74) is 0.830. The van der Waals surface area contributed by atoms with Crippen LogP contribution in [0.25, 0.3) is 0 Å². The maximum absolute atomic E-state index is 11.0. The van der Waals surface area contributed by atoms with Gasteiger partial charge in [0.1, 0.15) is 0 Å². The zero-order chi connectivity index (χ0) is 10.2. The van der Waals surface area contributed by atoms with Crippen molar-refractivity contribution in [3.8, 4) is 0 Å². The first-order chi connectivity index (χ1) is 6.69. The maximum Gasteiger partial charge on any atom is 0.336 e. The van der Waals surface area contributed by atoms with Crippen LogP contribution in [0, 0.1) is 0 Å². The van der Waals surface area contributed by atoms with Gasteiger partial charge in [0.05, 0.1) is 11.2 Å². The van der Waals surface area contributed by atoms with Crippen molar-refractivity contribution in [1.29, 1.82) is 0 Å². The summed E-state index contributed by atoms with van der Waals surface area (Å²) in [5, 5.41) is 9.00. The molecule has 1 aliphatic rings. The molecule has 3 heteroatoms. The van der Waals surface area contributed by atoms with E-state index in [-0.39, 0.29) is 5.60 Å². The van der Waals surface area contributed by atoms with Crippen molar-refractivity contribution in [1.82, 2.24) is 0 Å². The van der Waals surface area contributed by atoms with Crippen LogP contribution in [0.1, 0.15) is 28.8 Å². The summed E-state index contributed by atoms with van der Waals surface area (Å²) in [6.45, 7) is 0. The zero-order valence-corrected chi connectivity index (χ0v) is 7.99. The van der Waals surface area contributed by atoms with Gasteiger partial charge < -0.3 is 9.84 Å². The second-order valence-corrected chi connectivity index (χ2v) is 3.55. The lowest BCUT2D eigenvalue weighted by molar-refractivity contribution is 0.0644. The molecular weight excluding hydrogens is 180 g/mol. The molecule has 3 nitrogen and oxygen atoms in total. The number of rotatable bonds is 3. The van der Waals surface area contributed by atoms with Gasteiger partial charge in [-0.15, -0.1) is 0 Å². The number of methoxy groups -OCH3 is 1. The second kappa shape index (κ2) is 3.10. The van der Waals surface area contributed by atoms with Gasteiger partial charge in [-0.2, -0.15) is 0 Å². The van der Waals surface area contributed by atoms with E-state index in [1.807, 2.05) is 12.1 Å². The SMILES string of the molecule is COC1(c2ccccc2C(=O)O)CC1. The zero-order valence-electron chi connectivity index (χ0n) is 7.99. The number of hydrogen-bond donors (Lipinski definition) is 1. The monoisotopic (exact) mass is 192 g/mol. The van der Waals surface area contributed by atoms with E-state index in [1.54, 1.807) is 19.2 Å². The smallest absolute Gasteiger partial charge is 0.336 e. The van der Waals surface area contributed by atoms with Crippen LogP contribution in [0.3, 0.4) is 0 Å². The third-order valence-electron chi connectivity index (χ3n) is 2.74. The lowest BCUT2D eigenvalue weighted by Crippen LogP contribution is -2.14. The fourth-order valence-corrected chi connectivity index (χ4v) is 1.76. The van der Waals surface area contributed by atoms with E-state index in [4.69, 9.17) is 9.84 Å². The van der Waals surface area contributed by atoms with Crippen molar-refractivity contribution in [3.05, 3.63) is 35.4 Å². The number of carboxylic acid groups (broad SMARTS) is 1. The second-order valence-electron chi connectivity index (χ2n) is 3.55. The topological polar surface area (TPSA) is 46.5 Å². The normalized spacial score (nSPS) is 17.8. The Kier molecular flexibility index (Phi) is 2.04. The molecule has 2 rings (SSSR count). The molecule has 74 valence electrons. The Morgan fingerprint density at radius 3 is 2.57 bits per heavy atom. The van der Waals surface area contributed by atoms with E-state index in [1.165, 1.54) is 0 Å². The molecule has 1 aromatic rings. The molecule has 0 atom stereocenters. The Morgan fingerprint density at radius 1 is 1.43 bits per heavy atom. The predicted octanol–water partition coefficient (Wildman–Crippen LogP) is 2.02. The molecule has 0 saturated heterocycles. The van der Waals surface area contributed by atoms with Crippen LogP contribution < -0.4 is 0 Å². The quantitative estimate of drug-likeness (QED) is 0.796. The van der Waals surface area contributed by atoms with Gasteiger partial charge in [-0.05, 0) is 24.5 Å². The molecule has 14 heavy (non-hydrogen) atoms. The van der Waals surface area contributed by atoms with E-state index >= 15 is 0 Å². The van der Waals surface area contributed by atoms with Crippen LogP contribution in [0.2, 0.25) is 0 Å². The highest BCUT2D eigenvalue weighted by atomic mass is 16.5. The number of carbonyl (C=O) groups is 1. The molecule has 0 amide bonds. The van der Waals surface area contributed by atoms with Gasteiger partial charge in [0.2, 0.25) is 0 Å². The van der Waals surface area contributed by atoms with E-state index in [9.17, 15) is 4.79 Å². The summed E-state index contributed by atoms with van der Waals surface area (Å²) in [6.07, 6.45) is 1.82. The third-order valence-corrected chi connectivity index (χ3v) is 2.74. The van der Waals surface area contributed by atoms with Crippen LogP contribution in [0.5, 0.6) is 0 Å². The number of hydrogen-bond acceptors (Lipinski definition) is 2. The van der Waals surface area contributed by atoms with Crippen LogP contribution in [-0.2, 0) is 10.3 Å². The van der Waals surface area contributed by atoms with Gasteiger partial charge in [0, 0.05) is 7.11 Å². The summed E-state index contributed by atoms with van der Waals surface area (Å²) < 4.78 is 5.36. The van der Waals surface area contributed by atoms with E-state index in [0.717, 1.165) is 18.4 Å². The van der Waals surface area contributed by atoms with Gasteiger partial charge in [0.25, 0.3) is 0 Å². The molecule has 0 heterocycles. The van der Waals surface area contributed by atoms with Gasteiger partial charge in [-0.25, -0.2) is 4.79 Å². The van der Waals surface area contributed by atoms with Crippen LogP contribution >= 0.6 is 0 Å². The highest BCUT2D eigenvalue weighted by molar-refractivity contribution is 5.89. The summed E-state index contributed by atoms with van der Waals surface area (Å²) in [6, 6.07) is 7.04. The number of aromatic carboxylic acids is 1. The summed E-state index contributed by atoms with van der Waals surface area (Å²) >= 11 is 0. The first-order valence-electron chi connectivity index (χ1n) is 4.57. The minimum absolute atomic E-state index is 0.324.